The van der Waals surface area contributed by atoms with Crippen molar-refractivity contribution >= 4 is 53.1 Å². The number of nitrogens with one attached hydrogen (secondary N) is 2. The highest BCUT2D eigenvalue weighted by Gasteiger charge is 2.54. The molecule has 164 valence electrons. The summed E-state index contributed by atoms with van der Waals surface area (Å²) in [6, 6.07) is -0.981. The third-order valence-corrected chi connectivity index (χ3v) is 7.44. The van der Waals surface area contributed by atoms with Crippen molar-refractivity contribution in [2.75, 3.05) is 17.3 Å². The van der Waals surface area contributed by atoms with E-state index >= 15 is 0 Å². The number of fused-ring (bicyclic) bond motifs is 1. The highest BCUT2D eigenvalue weighted by molar-refractivity contribution is 8.01. The number of aliphatic carboxylic acids is 1. The van der Waals surface area contributed by atoms with Gasteiger partial charge in [0.25, 0.3) is 5.91 Å². The minimum atomic E-state index is -4.39. The first kappa shape index (κ1) is 22.7. The number of halogens is 3. The first-order valence-electron chi connectivity index (χ1n) is 8.33. The fraction of sp³-hybridized carbons (Fsp3) is 0.571. The van der Waals surface area contributed by atoms with Gasteiger partial charge in [0, 0.05) is 11.0 Å². The summed E-state index contributed by atoms with van der Waals surface area (Å²) in [5.74, 6) is -3.95. The van der Waals surface area contributed by atoms with Crippen LogP contribution in [0.15, 0.2) is 16.4 Å². The fourth-order valence-corrected chi connectivity index (χ4v) is 5.88. The molecule has 0 radical (unpaired) electrons. The lowest BCUT2D eigenvalue weighted by atomic mass is 10.0. The predicted octanol–water partition coefficient (Wildman–Crippen LogP) is 0.714. The summed E-state index contributed by atoms with van der Waals surface area (Å²) in [5.41, 5.74) is 0.335. The van der Waals surface area contributed by atoms with Gasteiger partial charge in [0.15, 0.2) is 0 Å². The zero-order valence-electron chi connectivity index (χ0n) is 15.2. The summed E-state index contributed by atoms with van der Waals surface area (Å²) in [7, 11) is 0. The van der Waals surface area contributed by atoms with Gasteiger partial charge in [0.05, 0.1) is 11.5 Å². The number of carboxylic acid groups (broad SMARTS) is 1. The van der Waals surface area contributed by atoms with Crippen LogP contribution in [0.25, 0.3) is 0 Å². The van der Waals surface area contributed by atoms with Gasteiger partial charge in [0.1, 0.15) is 17.1 Å². The van der Waals surface area contributed by atoms with E-state index < -0.39 is 46.9 Å². The summed E-state index contributed by atoms with van der Waals surface area (Å²) in [5, 5.41) is 24.7. The normalized spacial score (nSPS) is 22.4. The van der Waals surface area contributed by atoms with Crippen LogP contribution in [-0.4, -0.2) is 88.5 Å². The number of carbonyl (C=O) groups is 3. The van der Waals surface area contributed by atoms with E-state index in [1.807, 2.05) is 0 Å². The average molecular weight is 485 g/mol. The molecule has 0 saturated carbocycles. The molecule has 2 amide bonds. The Balaban J connectivity index is 1.66. The molecule has 3 atom stereocenters. The van der Waals surface area contributed by atoms with Crippen molar-refractivity contribution in [1.29, 1.82) is 0 Å². The van der Waals surface area contributed by atoms with Crippen LogP contribution in [0, 0.1) is 0 Å². The van der Waals surface area contributed by atoms with E-state index in [4.69, 9.17) is 0 Å². The van der Waals surface area contributed by atoms with Crippen LogP contribution in [0.3, 0.4) is 0 Å². The number of H-pyrrole nitrogens is 1. The number of aromatic amines is 1. The number of tetrazole rings is 1. The van der Waals surface area contributed by atoms with E-state index in [1.165, 1.54) is 23.5 Å². The lowest BCUT2D eigenvalue weighted by Gasteiger charge is -2.50. The molecule has 1 saturated heterocycles. The summed E-state index contributed by atoms with van der Waals surface area (Å²) in [6.45, 7) is 1.75. The fourth-order valence-electron chi connectivity index (χ4n) is 2.86. The lowest BCUT2D eigenvalue weighted by Crippen LogP contribution is -2.70. The zero-order valence-corrected chi connectivity index (χ0v) is 17.6. The molecule has 3 N–H and O–H groups in total. The molecule has 30 heavy (non-hydrogen) atoms. The molecule has 3 heterocycles. The first-order chi connectivity index (χ1) is 14.1. The summed E-state index contributed by atoms with van der Waals surface area (Å²) < 4.78 is 36.5. The number of hydrogen-bond acceptors (Lipinski definition) is 9. The molecule has 2 aliphatic rings. The molecule has 2 aliphatic heterocycles. The van der Waals surface area contributed by atoms with Crippen molar-refractivity contribution in [2.24, 2.45) is 0 Å². The number of amides is 2. The second kappa shape index (κ2) is 9.05. The van der Waals surface area contributed by atoms with Crippen LogP contribution < -0.4 is 5.32 Å². The van der Waals surface area contributed by atoms with Gasteiger partial charge < -0.3 is 10.4 Å². The molecule has 0 bridgehead atoms. The van der Waals surface area contributed by atoms with E-state index in [9.17, 15) is 32.7 Å². The van der Waals surface area contributed by atoms with E-state index in [0.717, 1.165) is 4.90 Å². The smallest absolute Gasteiger partial charge is 0.397 e. The number of aromatic nitrogens is 4. The Labute approximate surface area is 180 Å². The quantitative estimate of drug-likeness (QED) is 0.357. The maximum absolute atomic E-state index is 12.5. The number of β-lactam (4-membered cyclic amide) rings is 1. The average Bonchev–Trinajstić information content (AvgIpc) is 3.16. The lowest BCUT2D eigenvalue weighted by molar-refractivity contribution is -0.150. The van der Waals surface area contributed by atoms with Crippen LogP contribution >= 0.6 is 35.3 Å². The molecule has 3 rings (SSSR count). The first-order valence-corrected chi connectivity index (χ1v) is 11.4. The van der Waals surface area contributed by atoms with Gasteiger partial charge in [-0.25, -0.2) is 4.79 Å². The molecule has 1 aromatic heterocycles. The van der Waals surface area contributed by atoms with Crippen molar-refractivity contribution in [1.82, 2.24) is 30.8 Å². The molecular formula is C14H15F3N6O4S3. The van der Waals surface area contributed by atoms with Crippen molar-refractivity contribution in [3.05, 3.63) is 11.3 Å². The summed E-state index contributed by atoms with van der Waals surface area (Å²) in [6.07, 6.45) is -4.39. The van der Waals surface area contributed by atoms with Crippen molar-refractivity contribution < 1.29 is 32.7 Å². The number of rotatable bonds is 8. The van der Waals surface area contributed by atoms with Gasteiger partial charge in [-0.1, -0.05) is 11.8 Å². The largest absolute Gasteiger partial charge is 0.477 e. The maximum Gasteiger partial charge on any atom is 0.397 e. The number of hydrogen-bond donors (Lipinski definition) is 3. The minimum Gasteiger partial charge on any atom is -0.477 e. The molecular weight excluding hydrogens is 469 g/mol. The van der Waals surface area contributed by atoms with Gasteiger partial charge in [0.2, 0.25) is 11.1 Å². The van der Waals surface area contributed by atoms with E-state index in [-0.39, 0.29) is 16.7 Å². The molecule has 16 heteroatoms. The second-order valence-electron chi connectivity index (χ2n) is 6.20. The molecule has 1 fully saturated rings. The third kappa shape index (κ3) is 5.03. The van der Waals surface area contributed by atoms with Crippen LogP contribution in [0.1, 0.15) is 6.92 Å². The van der Waals surface area contributed by atoms with Crippen LogP contribution in [0.5, 0.6) is 0 Å². The molecule has 10 nitrogen and oxygen atoms in total. The Morgan fingerprint density at radius 1 is 1.47 bits per heavy atom. The summed E-state index contributed by atoms with van der Waals surface area (Å²) >= 11 is 2.84. The SMILES string of the molecule is CC(Sc1nn[nH]n1)C1=C(C(=O)O)N2C(=O)C(NC(=O)CSCC(F)(F)F)[C@H]2SC1. The Bertz CT molecular complexity index is 866. The van der Waals surface area contributed by atoms with Gasteiger partial charge in [-0.2, -0.15) is 18.4 Å². The topological polar surface area (TPSA) is 141 Å². The predicted molar refractivity (Wildman–Crippen MR) is 103 cm³/mol. The maximum atomic E-state index is 12.5. The van der Waals surface area contributed by atoms with E-state index in [2.05, 4.69) is 25.9 Å². The highest BCUT2D eigenvalue weighted by Crippen LogP contribution is 2.43. The van der Waals surface area contributed by atoms with Crippen LogP contribution in [0.2, 0.25) is 0 Å². The van der Waals surface area contributed by atoms with Crippen molar-refractivity contribution in [2.45, 2.75) is 34.9 Å². The number of thioether (sulfide) groups is 3. The number of alkyl halides is 3. The number of carboxylic acids is 1. The van der Waals surface area contributed by atoms with Crippen LogP contribution in [-0.2, 0) is 14.4 Å². The monoisotopic (exact) mass is 484 g/mol. The van der Waals surface area contributed by atoms with E-state index in [1.54, 1.807) is 6.92 Å². The van der Waals surface area contributed by atoms with Gasteiger partial charge >= 0.3 is 12.1 Å². The van der Waals surface area contributed by atoms with Crippen molar-refractivity contribution in [3.8, 4) is 0 Å². The third-order valence-electron chi connectivity index (χ3n) is 4.11. The van der Waals surface area contributed by atoms with Crippen molar-refractivity contribution in [3.63, 3.8) is 0 Å². The van der Waals surface area contributed by atoms with E-state index in [0.29, 0.717) is 22.5 Å². The number of nitrogens with zero attached hydrogens (tertiary/aromatic N) is 4. The van der Waals surface area contributed by atoms with Gasteiger partial charge in [-0.05, 0) is 17.7 Å². The second-order valence-corrected chi connectivity index (χ2v) is 9.59. The number of carbonyl (C=O) groups excluding carboxylic acids is 2. The van der Waals surface area contributed by atoms with Crippen LogP contribution in [0.4, 0.5) is 13.2 Å². The molecule has 0 spiro atoms. The Morgan fingerprint density at radius 3 is 2.80 bits per heavy atom. The highest BCUT2D eigenvalue weighted by atomic mass is 32.2. The Morgan fingerprint density at radius 2 is 2.20 bits per heavy atom. The molecule has 0 aromatic carbocycles. The Hall–Kier alpha value is -1.94. The minimum absolute atomic E-state index is 0.163. The van der Waals surface area contributed by atoms with Gasteiger partial charge in [-0.15, -0.1) is 33.7 Å². The Kier molecular flexibility index (Phi) is 6.86. The zero-order chi connectivity index (χ0) is 22.1. The van der Waals surface area contributed by atoms with Gasteiger partial charge in [-0.3, -0.25) is 14.5 Å². The molecule has 1 aromatic rings. The standard InChI is InChI=1S/C14H15F3N6O4S3/c1-5(30-13-19-21-22-20-13)6-2-29-11-8(10(25)23(11)9(6)12(26)27)18-7(24)3-28-4-14(15,16)17/h5,8,11H,2-4H2,1H3,(H,18,24)(H,26,27)(H,19,20,21,22)/t5?,8?,11-/m1/s1. The molecule has 0 aliphatic carbocycles. The molecule has 2 unspecified atom stereocenters. The summed E-state index contributed by atoms with van der Waals surface area (Å²) in [4.78, 5) is 37.4.